The smallest absolute Gasteiger partial charge is 0.258 e. The van der Waals surface area contributed by atoms with Gasteiger partial charge < -0.3 is 15.8 Å². The van der Waals surface area contributed by atoms with Gasteiger partial charge in [0.2, 0.25) is 5.91 Å². The summed E-state index contributed by atoms with van der Waals surface area (Å²) in [5.41, 5.74) is 4.83. The van der Waals surface area contributed by atoms with Crippen LogP contribution in [0.3, 0.4) is 0 Å². The van der Waals surface area contributed by atoms with Gasteiger partial charge >= 0.3 is 0 Å². The van der Waals surface area contributed by atoms with E-state index in [0.717, 1.165) is 0 Å². The Labute approximate surface area is 91.4 Å². The molecule has 0 spiro atoms. The van der Waals surface area contributed by atoms with Crippen LogP contribution in [-0.2, 0) is 9.59 Å². The lowest BCUT2D eigenvalue weighted by Gasteiger charge is -2.05. The lowest BCUT2D eigenvalue weighted by Crippen LogP contribution is -2.36. The van der Waals surface area contributed by atoms with Crippen molar-refractivity contribution in [2.75, 3.05) is 13.2 Å². The molecule has 0 aromatic heterocycles. The van der Waals surface area contributed by atoms with E-state index in [2.05, 4.69) is 5.32 Å². The van der Waals surface area contributed by atoms with Crippen LogP contribution >= 0.6 is 0 Å². The van der Waals surface area contributed by atoms with Crippen LogP contribution in [0.25, 0.3) is 0 Å². The van der Waals surface area contributed by atoms with Crippen molar-refractivity contribution in [2.45, 2.75) is 0 Å². The van der Waals surface area contributed by atoms with Crippen LogP contribution in [0.15, 0.2) is 24.3 Å². The molecular weight excluding hydrogens is 215 g/mol. The molecule has 86 valence electrons. The van der Waals surface area contributed by atoms with Crippen molar-refractivity contribution >= 4 is 11.8 Å². The Bertz CT molecular complexity index is 378. The molecule has 0 fully saturated rings. The third-order valence-electron chi connectivity index (χ3n) is 1.64. The fourth-order valence-corrected chi connectivity index (χ4v) is 0.916. The van der Waals surface area contributed by atoms with E-state index in [1.54, 1.807) is 0 Å². The van der Waals surface area contributed by atoms with Crippen molar-refractivity contribution in [3.8, 4) is 5.75 Å². The highest BCUT2D eigenvalue weighted by atomic mass is 19.1. The molecule has 16 heavy (non-hydrogen) atoms. The summed E-state index contributed by atoms with van der Waals surface area (Å²) in [4.78, 5) is 21.4. The van der Waals surface area contributed by atoms with E-state index in [-0.39, 0.29) is 19.0 Å². The average Bonchev–Trinajstić information content (AvgIpc) is 2.25. The minimum Gasteiger partial charge on any atom is -0.484 e. The number of hydrogen-bond acceptors (Lipinski definition) is 3. The van der Waals surface area contributed by atoms with Gasteiger partial charge in [0.1, 0.15) is 11.6 Å². The van der Waals surface area contributed by atoms with Gasteiger partial charge in [-0.2, -0.15) is 0 Å². The largest absolute Gasteiger partial charge is 0.484 e. The molecule has 3 N–H and O–H groups in total. The molecule has 0 aliphatic carbocycles. The van der Waals surface area contributed by atoms with Crippen molar-refractivity contribution in [3.05, 3.63) is 30.1 Å². The Balaban J connectivity index is 2.31. The van der Waals surface area contributed by atoms with Gasteiger partial charge in [0.15, 0.2) is 6.61 Å². The van der Waals surface area contributed by atoms with Gasteiger partial charge in [-0.15, -0.1) is 0 Å². The second kappa shape index (κ2) is 5.69. The molecule has 0 atom stereocenters. The number of nitrogens with two attached hydrogens (primary N) is 1. The number of carbonyl (C=O) groups is 2. The van der Waals surface area contributed by atoms with E-state index in [4.69, 9.17) is 10.5 Å². The van der Waals surface area contributed by atoms with Gasteiger partial charge in [-0.05, 0) is 24.3 Å². The average molecular weight is 226 g/mol. The molecule has 1 aromatic rings. The number of rotatable bonds is 5. The Kier molecular flexibility index (Phi) is 4.26. The lowest BCUT2D eigenvalue weighted by molar-refractivity contribution is -0.126. The van der Waals surface area contributed by atoms with Crippen LogP contribution in [0, 0.1) is 5.82 Å². The summed E-state index contributed by atoms with van der Waals surface area (Å²) < 4.78 is 17.5. The molecule has 0 heterocycles. The number of halogens is 1. The summed E-state index contributed by atoms with van der Waals surface area (Å²) >= 11 is 0. The fourth-order valence-electron chi connectivity index (χ4n) is 0.916. The lowest BCUT2D eigenvalue weighted by atomic mass is 10.3. The fraction of sp³-hybridized carbons (Fsp3) is 0.200. The summed E-state index contributed by atoms with van der Waals surface area (Å²) in [5.74, 6) is -1.11. The van der Waals surface area contributed by atoms with Crippen molar-refractivity contribution in [1.82, 2.24) is 5.32 Å². The third kappa shape index (κ3) is 4.41. The van der Waals surface area contributed by atoms with Crippen molar-refractivity contribution < 1.29 is 18.7 Å². The van der Waals surface area contributed by atoms with Gasteiger partial charge in [-0.25, -0.2) is 4.39 Å². The number of ether oxygens (including phenoxy) is 1. The molecule has 0 aliphatic rings. The topological polar surface area (TPSA) is 81.4 Å². The highest BCUT2D eigenvalue weighted by Crippen LogP contribution is 2.10. The minimum atomic E-state index is -0.630. The van der Waals surface area contributed by atoms with E-state index >= 15 is 0 Å². The van der Waals surface area contributed by atoms with E-state index < -0.39 is 11.8 Å². The van der Waals surface area contributed by atoms with Gasteiger partial charge in [0.25, 0.3) is 5.91 Å². The van der Waals surface area contributed by atoms with E-state index in [1.165, 1.54) is 24.3 Å². The standard InChI is InChI=1S/C10H11FN2O3/c11-7-1-3-8(4-2-7)16-6-10(15)13-5-9(12)14/h1-4H,5-6H2,(H2,12,14)(H,13,15). The zero-order chi connectivity index (χ0) is 12.0. The maximum atomic E-state index is 12.5. The first kappa shape index (κ1) is 12.0. The molecule has 0 aliphatic heterocycles. The molecular formula is C10H11FN2O3. The molecule has 0 saturated heterocycles. The second-order valence-corrected chi connectivity index (χ2v) is 2.99. The summed E-state index contributed by atoms with van der Waals surface area (Å²) in [6, 6.07) is 5.24. The summed E-state index contributed by atoms with van der Waals surface area (Å²) in [6.07, 6.45) is 0. The number of primary amides is 1. The van der Waals surface area contributed by atoms with Crippen LogP contribution in [0.5, 0.6) is 5.75 Å². The number of carbonyl (C=O) groups excluding carboxylic acids is 2. The number of amides is 2. The van der Waals surface area contributed by atoms with Crippen LogP contribution in [0.1, 0.15) is 0 Å². The molecule has 0 bridgehead atoms. The Morgan fingerprint density at radius 1 is 1.31 bits per heavy atom. The number of nitrogens with one attached hydrogen (secondary N) is 1. The van der Waals surface area contributed by atoms with E-state index in [1.807, 2.05) is 0 Å². The molecule has 1 aromatic carbocycles. The first-order valence-electron chi connectivity index (χ1n) is 4.51. The first-order chi connectivity index (χ1) is 7.58. The maximum absolute atomic E-state index is 12.5. The van der Waals surface area contributed by atoms with Gasteiger partial charge in [-0.1, -0.05) is 0 Å². The Hall–Kier alpha value is -2.11. The van der Waals surface area contributed by atoms with E-state index in [9.17, 15) is 14.0 Å². The zero-order valence-corrected chi connectivity index (χ0v) is 8.40. The first-order valence-corrected chi connectivity index (χ1v) is 4.51. The van der Waals surface area contributed by atoms with Crippen LogP contribution in [0.4, 0.5) is 4.39 Å². The van der Waals surface area contributed by atoms with Crippen molar-refractivity contribution in [3.63, 3.8) is 0 Å². The van der Waals surface area contributed by atoms with Crippen molar-refractivity contribution in [1.29, 1.82) is 0 Å². The molecule has 0 unspecified atom stereocenters. The monoisotopic (exact) mass is 226 g/mol. The summed E-state index contributed by atoms with van der Waals surface area (Å²) in [5, 5.41) is 2.25. The van der Waals surface area contributed by atoms with Crippen LogP contribution in [0.2, 0.25) is 0 Å². The maximum Gasteiger partial charge on any atom is 0.258 e. The third-order valence-corrected chi connectivity index (χ3v) is 1.64. The van der Waals surface area contributed by atoms with Crippen LogP contribution < -0.4 is 15.8 Å². The SMILES string of the molecule is NC(=O)CNC(=O)COc1ccc(F)cc1. The Morgan fingerprint density at radius 3 is 2.50 bits per heavy atom. The van der Waals surface area contributed by atoms with E-state index in [0.29, 0.717) is 5.75 Å². The number of benzene rings is 1. The molecule has 0 saturated carbocycles. The number of hydrogen-bond donors (Lipinski definition) is 2. The van der Waals surface area contributed by atoms with Crippen LogP contribution in [-0.4, -0.2) is 25.0 Å². The predicted octanol–water partition coefficient (Wildman–Crippen LogP) is -0.194. The predicted molar refractivity (Wildman–Crippen MR) is 54.1 cm³/mol. The molecule has 5 nitrogen and oxygen atoms in total. The van der Waals surface area contributed by atoms with Gasteiger partial charge in [0, 0.05) is 0 Å². The molecule has 1 rings (SSSR count). The molecule has 0 radical (unpaired) electrons. The summed E-state index contributed by atoms with van der Waals surface area (Å²) in [6.45, 7) is -0.482. The highest BCUT2D eigenvalue weighted by Gasteiger charge is 2.03. The normalized spacial score (nSPS) is 9.56. The van der Waals surface area contributed by atoms with Gasteiger partial charge in [-0.3, -0.25) is 9.59 Å². The minimum absolute atomic E-state index is 0.231. The van der Waals surface area contributed by atoms with Crippen molar-refractivity contribution in [2.24, 2.45) is 5.73 Å². The summed E-state index contributed by atoms with van der Waals surface area (Å²) in [7, 11) is 0. The Morgan fingerprint density at radius 2 is 1.94 bits per heavy atom. The molecule has 2 amide bonds. The van der Waals surface area contributed by atoms with Gasteiger partial charge in [0.05, 0.1) is 6.54 Å². The zero-order valence-electron chi connectivity index (χ0n) is 8.40. The highest BCUT2D eigenvalue weighted by molar-refractivity contribution is 5.84. The molecule has 6 heteroatoms. The quantitative estimate of drug-likeness (QED) is 0.729. The second-order valence-electron chi connectivity index (χ2n) is 2.99.